The lowest BCUT2D eigenvalue weighted by molar-refractivity contribution is -0.140. The Labute approximate surface area is 123 Å². The number of halogens is 3. The lowest BCUT2D eigenvalue weighted by atomic mass is 10.2. The average Bonchev–Trinajstić information content (AvgIpc) is 2.73. The predicted octanol–water partition coefficient (Wildman–Crippen LogP) is 3.38. The quantitative estimate of drug-likeness (QED) is 0.924. The molecule has 2 aromatic rings. The van der Waals surface area contributed by atoms with E-state index < -0.39 is 11.9 Å². The lowest BCUT2D eigenvalue weighted by Gasteiger charge is -2.20. The maximum Gasteiger partial charge on any atom is 0.433 e. The molecule has 114 valence electrons. The summed E-state index contributed by atoms with van der Waals surface area (Å²) in [6.07, 6.45) is -4.52. The molecule has 2 aromatic heterocycles. The van der Waals surface area contributed by atoms with Crippen LogP contribution in [0.15, 0.2) is 12.1 Å². The molecule has 0 saturated carbocycles. The summed E-state index contributed by atoms with van der Waals surface area (Å²) in [5.74, 6) is -0.320. The minimum Gasteiger partial charge on any atom is -0.397 e. The molecule has 2 heterocycles. The number of aromatic nitrogens is 1. The molecule has 0 radical (unpaired) electrons. The Morgan fingerprint density at radius 3 is 2.52 bits per heavy atom. The van der Waals surface area contributed by atoms with E-state index in [1.165, 1.54) is 11.0 Å². The highest BCUT2D eigenvalue weighted by molar-refractivity contribution is 7.21. The summed E-state index contributed by atoms with van der Waals surface area (Å²) in [7, 11) is 1.62. The zero-order chi connectivity index (χ0) is 15.9. The van der Waals surface area contributed by atoms with Gasteiger partial charge in [0.05, 0.1) is 5.69 Å². The van der Waals surface area contributed by atoms with Crippen molar-refractivity contribution in [2.45, 2.75) is 26.1 Å². The van der Waals surface area contributed by atoms with Crippen LogP contribution in [0.4, 0.5) is 18.9 Å². The van der Waals surface area contributed by atoms with Crippen LogP contribution in [0.2, 0.25) is 0 Å². The Hall–Kier alpha value is -1.83. The Bertz CT molecular complexity index is 694. The molecule has 0 aliphatic carbocycles. The van der Waals surface area contributed by atoms with Crippen LogP contribution in [-0.2, 0) is 6.18 Å². The van der Waals surface area contributed by atoms with Crippen LogP contribution in [0.3, 0.4) is 0 Å². The number of pyridine rings is 1. The van der Waals surface area contributed by atoms with Crippen LogP contribution in [0, 0.1) is 0 Å². The van der Waals surface area contributed by atoms with E-state index in [0.717, 1.165) is 17.4 Å². The number of carbonyl (C=O) groups is 1. The second kappa shape index (κ2) is 5.18. The van der Waals surface area contributed by atoms with Gasteiger partial charge in [-0.2, -0.15) is 13.2 Å². The van der Waals surface area contributed by atoms with Gasteiger partial charge in [0, 0.05) is 18.5 Å². The Balaban J connectivity index is 2.53. The van der Waals surface area contributed by atoms with Crippen molar-refractivity contribution < 1.29 is 18.0 Å². The zero-order valence-corrected chi connectivity index (χ0v) is 12.5. The van der Waals surface area contributed by atoms with Gasteiger partial charge in [0.2, 0.25) is 0 Å². The molecule has 0 spiro atoms. The number of carbonyl (C=O) groups excluding carboxylic acids is 1. The van der Waals surface area contributed by atoms with E-state index in [2.05, 4.69) is 4.98 Å². The first-order valence-corrected chi connectivity index (χ1v) is 6.98. The number of nitrogens with two attached hydrogens (primary N) is 1. The number of alkyl halides is 3. The van der Waals surface area contributed by atoms with E-state index >= 15 is 0 Å². The third kappa shape index (κ3) is 2.80. The smallest absolute Gasteiger partial charge is 0.397 e. The second-order valence-corrected chi connectivity index (χ2v) is 5.90. The first-order valence-electron chi connectivity index (χ1n) is 6.16. The van der Waals surface area contributed by atoms with Crippen LogP contribution in [0.5, 0.6) is 0 Å². The lowest BCUT2D eigenvalue weighted by Crippen LogP contribution is -2.32. The fourth-order valence-electron chi connectivity index (χ4n) is 1.71. The molecular weight excluding hydrogens is 303 g/mol. The van der Waals surface area contributed by atoms with Crippen LogP contribution < -0.4 is 5.73 Å². The number of fused-ring (bicyclic) bond motifs is 1. The molecule has 21 heavy (non-hydrogen) atoms. The predicted molar refractivity (Wildman–Crippen MR) is 76.3 cm³/mol. The van der Waals surface area contributed by atoms with Crippen molar-refractivity contribution in [3.8, 4) is 0 Å². The summed E-state index contributed by atoms with van der Waals surface area (Å²) in [5, 5.41) is 0.369. The molecule has 0 aliphatic rings. The third-order valence-corrected chi connectivity index (χ3v) is 4.28. The number of hydrogen-bond donors (Lipinski definition) is 1. The molecule has 0 saturated heterocycles. The SMILES string of the molecule is CC(C)N(C)C(=O)c1sc2nc(C(F)(F)F)ccc2c1N. The van der Waals surface area contributed by atoms with Gasteiger partial charge in [-0.15, -0.1) is 11.3 Å². The van der Waals surface area contributed by atoms with Crippen molar-refractivity contribution in [3.05, 3.63) is 22.7 Å². The fourth-order valence-corrected chi connectivity index (χ4v) is 2.79. The van der Waals surface area contributed by atoms with Gasteiger partial charge in [0.15, 0.2) is 0 Å². The van der Waals surface area contributed by atoms with E-state index in [1.807, 2.05) is 13.8 Å². The highest BCUT2D eigenvalue weighted by atomic mass is 32.1. The fraction of sp³-hybridized carbons (Fsp3) is 0.385. The van der Waals surface area contributed by atoms with Gasteiger partial charge in [-0.05, 0) is 26.0 Å². The third-order valence-electron chi connectivity index (χ3n) is 3.17. The summed E-state index contributed by atoms with van der Waals surface area (Å²) in [4.78, 5) is 17.6. The number of nitrogen functional groups attached to an aromatic ring is 1. The van der Waals surface area contributed by atoms with Gasteiger partial charge in [0.1, 0.15) is 15.4 Å². The molecule has 0 fully saturated rings. The normalized spacial score (nSPS) is 12.1. The Morgan fingerprint density at radius 2 is 2.00 bits per heavy atom. The molecular formula is C13H14F3N3OS. The topological polar surface area (TPSA) is 59.2 Å². The number of hydrogen-bond acceptors (Lipinski definition) is 4. The maximum absolute atomic E-state index is 12.7. The molecule has 8 heteroatoms. The molecule has 0 atom stereocenters. The molecule has 0 aromatic carbocycles. The van der Waals surface area contributed by atoms with E-state index in [1.54, 1.807) is 7.05 Å². The minimum absolute atomic E-state index is 0.0409. The molecule has 2 N–H and O–H groups in total. The van der Waals surface area contributed by atoms with Crippen LogP contribution >= 0.6 is 11.3 Å². The molecule has 2 rings (SSSR count). The van der Waals surface area contributed by atoms with Crippen molar-refractivity contribution in [1.29, 1.82) is 0 Å². The van der Waals surface area contributed by atoms with Gasteiger partial charge >= 0.3 is 6.18 Å². The molecule has 0 aliphatic heterocycles. The average molecular weight is 317 g/mol. The van der Waals surface area contributed by atoms with E-state index in [4.69, 9.17) is 5.73 Å². The summed E-state index contributed by atoms with van der Waals surface area (Å²) in [6, 6.07) is 2.08. The van der Waals surface area contributed by atoms with Crippen LogP contribution in [-0.4, -0.2) is 28.9 Å². The van der Waals surface area contributed by atoms with Crippen molar-refractivity contribution >= 4 is 33.1 Å². The van der Waals surface area contributed by atoms with E-state index in [9.17, 15) is 18.0 Å². The van der Waals surface area contributed by atoms with Crippen LogP contribution in [0.25, 0.3) is 10.2 Å². The summed E-state index contributed by atoms with van der Waals surface area (Å²) in [6.45, 7) is 3.67. The number of anilines is 1. The van der Waals surface area contributed by atoms with E-state index in [-0.39, 0.29) is 27.3 Å². The highest BCUT2D eigenvalue weighted by Crippen LogP contribution is 2.36. The Morgan fingerprint density at radius 1 is 1.38 bits per heavy atom. The molecule has 4 nitrogen and oxygen atoms in total. The van der Waals surface area contributed by atoms with Gasteiger partial charge < -0.3 is 10.6 Å². The van der Waals surface area contributed by atoms with Crippen molar-refractivity contribution in [2.24, 2.45) is 0 Å². The molecule has 0 unspecified atom stereocenters. The van der Waals surface area contributed by atoms with Crippen molar-refractivity contribution in [3.63, 3.8) is 0 Å². The number of nitrogens with zero attached hydrogens (tertiary/aromatic N) is 2. The second-order valence-electron chi connectivity index (χ2n) is 4.90. The number of thiophene rings is 1. The van der Waals surface area contributed by atoms with E-state index in [0.29, 0.717) is 5.39 Å². The van der Waals surface area contributed by atoms with Crippen LogP contribution in [0.1, 0.15) is 29.2 Å². The monoisotopic (exact) mass is 317 g/mol. The highest BCUT2D eigenvalue weighted by Gasteiger charge is 2.33. The zero-order valence-electron chi connectivity index (χ0n) is 11.7. The summed E-state index contributed by atoms with van der Waals surface area (Å²) < 4.78 is 38.0. The van der Waals surface area contributed by atoms with Gasteiger partial charge in [-0.25, -0.2) is 4.98 Å². The van der Waals surface area contributed by atoms with Gasteiger partial charge in [0.25, 0.3) is 5.91 Å². The summed E-state index contributed by atoms with van der Waals surface area (Å²) in [5.41, 5.74) is 5.06. The van der Waals surface area contributed by atoms with Crippen molar-refractivity contribution in [1.82, 2.24) is 9.88 Å². The largest absolute Gasteiger partial charge is 0.433 e. The standard InChI is InChI=1S/C13H14F3N3OS/c1-6(2)19(3)12(20)10-9(17)7-4-5-8(13(14,15)16)18-11(7)21-10/h4-6H,17H2,1-3H3. The number of rotatable bonds is 2. The van der Waals surface area contributed by atoms with Gasteiger partial charge in [-0.3, -0.25) is 4.79 Å². The molecule has 1 amide bonds. The van der Waals surface area contributed by atoms with Crippen molar-refractivity contribution in [2.75, 3.05) is 12.8 Å². The number of amides is 1. The first-order chi connectivity index (χ1) is 9.62. The van der Waals surface area contributed by atoms with Gasteiger partial charge in [-0.1, -0.05) is 0 Å². The molecule has 0 bridgehead atoms. The Kier molecular flexibility index (Phi) is 3.83. The summed E-state index contributed by atoms with van der Waals surface area (Å²) >= 11 is 0.881. The maximum atomic E-state index is 12.7. The first kappa shape index (κ1) is 15.6. The minimum atomic E-state index is -4.52.